The molecule has 0 radical (unpaired) electrons. The van der Waals surface area contributed by atoms with E-state index in [0.717, 1.165) is 81.2 Å². The SMILES string of the molecule is CNC.COc1ccc(Cc2cc(-c3ccccc3OC)ncn2)cc1CN(C)C.COc1ccc([NH2+]c2cc(-c3ccccc3OC)ncn2)cc1CCl.[Cl-].[HH]. The van der Waals surface area contributed by atoms with Crippen molar-refractivity contribution in [2.45, 2.75) is 18.8 Å². The van der Waals surface area contributed by atoms with Crippen LogP contribution in [0.5, 0.6) is 23.0 Å². The lowest BCUT2D eigenvalue weighted by Gasteiger charge is -2.15. The number of quaternary nitrogens is 1. The highest BCUT2D eigenvalue weighted by atomic mass is 35.5. The van der Waals surface area contributed by atoms with E-state index in [1.54, 1.807) is 41.1 Å². The summed E-state index contributed by atoms with van der Waals surface area (Å²) in [5.74, 6) is 4.47. The molecule has 0 spiro atoms. The molecule has 13 heteroatoms. The van der Waals surface area contributed by atoms with Gasteiger partial charge < -0.3 is 41.6 Å². The maximum atomic E-state index is 5.99. The van der Waals surface area contributed by atoms with Gasteiger partial charge in [-0.2, -0.15) is 4.98 Å². The lowest BCUT2D eigenvalue weighted by Crippen LogP contribution is -3.00. The maximum absolute atomic E-state index is 5.99. The molecule has 0 unspecified atom stereocenters. The summed E-state index contributed by atoms with van der Waals surface area (Å²) in [4.78, 5) is 19.7. The predicted molar refractivity (Wildman–Crippen MR) is 222 cm³/mol. The molecule has 2 aromatic heterocycles. The molecule has 2 heterocycles. The first kappa shape index (κ1) is 45.1. The number of aromatic nitrogens is 4. The summed E-state index contributed by atoms with van der Waals surface area (Å²) in [6.07, 6.45) is 3.90. The van der Waals surface area contributed by atoms with Gasteiger partial charge in [0.2, 0.25) is 5.82 Å². The first-order valence-electron chi connectivity index (χ1n) is 17.6. The smallest absolute Gasteiger partial charge is 0.232 e. The molecule has 0 aliphatic heterocycles. The number of nitrogens with zero attached hydrogens (tertiary/aromatic N) is 5. The number of para-hydroxylation sites is 2. The minimum absolute atomic E-state index is 0. The van der Waals surface area contributed by atoms with Crippen LogP contribution in [-0.2, 0) is 18.8 Å². The van der Waals surface area contributed by atoms with Crippen molar-refractivity contribution in [2.75, 3.05) is 56.6 Å². The second-order valence-corrected chi connectivity index (χ2v) is 12.8. The monoisotopic (exact) mass is 801 g/mol. The lowest BCUT2D eigenvalue weighted by molar-refractivity contribution is -0.483. The third-order valence-corrected chi connectivity index (χ3v) is 8.45. The summed E-state index contributed by atoms with van der Waals surface area (Å²) in [6, 6.07) is 31.8. The van der Waals surface area contributed by atoms with Gasteiger partial charge in [-0.15, -0.1) is 11.6 Å². The van der Waals surface area contributed by atoms with Crippen LogP contribution in [0, 0.1) is 0 Å². The van der Waals surface area contributed by atoms with Crippen LogP contribution in [0.1, 0.15) is 23.8 Å². The van der Waals surface area contributed by atoms with Crippen LogP contribution in [-0.4, -0.2) is 81.5 Å². The van der Waals surface area contributed by atoms with Gasteiger partial charge in [-0.25, -0.2) is 15.0 Å². The number of nitrogens with two attached hydrogens (primary N) is 1. The van der Waals surface area contributed by atoms with Crippen molar-refractivity contribution in [1.29, 1.82) is 0 Å². The van der Waals surface area contributed by atoms with Crippen molar-refractivity contribution in [3.05, 3.63) is 132 Å². The molecule has 0 saturated carbocycles. The predicted octanol–water partition coefficient (Wildman–Crippen LogP) is 4.33. The second kappa shape index (κ2) is 23.6. The average Bonchev–Trinajstić information content (AvgIpc) is 3.21. The molecule has 11 nitrogen and oxygen atoms in total. The first-order chi connectivity index (χ1) is 26.8. The Kier molecular flexibility index (Phi) is 19.0. The first-order valence-corrected chi connectivity index (χ1v) is 18.2. The highest BCUT2D eigenvalue weighted by Crippen LogP contribution is 2.30. The zero-order valence-corrected chi connectivity index (χ0v) is 34.7. The average molecular weight is 803 g/mol. The molecule has 0 saturated heterocycles. The molecule has 56 heavy (non-hydrogen) atoms. The van der Waals surface area contributed by atoms with Crippen molar-refractivity contribution in [2.24, 2.45) is 0 Å². The molecule has 0 aliphatic carbocycles. The van der Waals surface area contributed by atoms with Gasteiger partial charge in [0.1, 0.15) is 41.3 Å². The molecule has 0 atom stereocenters. The molecule has 4 aromatic carbocycles. The minimum Gasteiger partial charge on any atom is -1.00 e. The van der Waals surface area contributed by atoms with Crippen molar-refractivity contribution in [3.8, 4) is 45.5 Å². The molecule has 3 N–H and O–H groups in total. The zero-order valence-electron chi connectivity index (χ0n) is 33.2. The number of halogens is 2. The number of hydrogen-bond donors (Lipinski definition) is 2. The van der Waals surface area contributed by atoms with E-state index in [0.29, 0.717) is 5.88 Å². The van der Waals surface area contributed by atoms with Gasteiger partial charge in [-0.05, 0) is 76.2 Å². The Balaban J connectivity index is 0.000000357. The quantitative estimate of drug-likeness (QED) is 0.129. The Morgan fingerprint density at radius 3 is 1.75 bits per heavy atom. The third-order valence-electron chi connectivity index (χ3n) is 8.16. The summed E-state index contributed by atoms with van der Waals surface area (Å²) in [5.41, 5.74) is 8.83. The number of methoxy groups -OCH3 is 4. The summed E-state index contributed by atoms with van der Waals surface area (Å²) in [7, 11) is 14.5. The molecule has 0 bridgehead atoms. The Morgan fingerprint density at radius 2 is 1.18 bits per heavy atom. The molecule has 6 aromatic rings. The fourth-order valence-electron chi connectivity index (χ4n) is 5.73. The summed E-state index contributed by atoms with van der Waals surface area (Å²) < 4.78 is 21.7. The van der Waals surface area contributed by atoms with Gasteiger partial charge in [-0.1, -0.05) is 36.4 Å². The van der Waals surface area contributed by atoms with Crippen molar-refractivity contribution in [3.63, 3.8) is 0 Å². The standard InChI is InChI=1S/C22H25N3O2.C19H18ClN3O2.C2H7N.ClH.H2/c1-25(2)14-17-11-16(9-10-21(17)26-3)12-18-13-20(24-15-23-18)19-7-5-6-8-22(19)27-4;1-24-17-8-7-14(9-13(17)11-20)23-19-10-16(21-12-22-19)15-5-3-4-6-18(15)25-2;1-3-2;;/h5-11,13,15H,12,14H2,1-4H3;3-10,12H,11H2,1-2H3,(H,21,22,23);3H,1-2H3;2*1H. The summed E-state index contributed by atoms with van der Waals surface area (Å²) in [5, 5.41) is 4.73. The van der Waals surface area contributed by atoms with Gasteiger partial charge >= 0.3 is 0 Å². The molecule has 298 valence electrons. The van der Waals surface area contributed by atoms with Crippen LogP contribution < -0.4 is 42.0 Å². The highest BCUT2D eigenvalue weighted by Gasteiger charge is 2.13. The molecule has 0 amide bonds. The number of benzene rings is 4. The summed E-state index contributed by atoms with van der Waals surface area (Å²) >= 11 is 5.99. The normalized spacial score (nSPS) is 10.2. The van der Waals surface area contributed by atoms with Gasteiger partial charge in [0, 0.05) is 60.5 Å². The second-order valence-electron chi connectivity index (χ2n) is 12.5. The lowest BCUT2D eigenvalue weighted by atomic mass is 10.0. The van der Waals surface area contributed by atoms with Gasteiger partial charge in [0.25, 0.3) is 0 Å². The van der Waals surface area contributed by atoms with Crippen molar-refractivity contribution < 1.29 is 38.1 Å². The molecule has 6 rings (SSSR count). The Bertz CT molecular complexity index is 2110. The van der Waals surface area contributed by atoms with Gasteiger partial charge in [-0.3, -0.25) is 5.32 Å². The Labute approximate surface area is 343 Å². The molecular weight excluding hydrogens is 749 g/mol. The van der Waals surface area contributed by atoms with Gasteiger partial charge in [0.05, 0.1) is 45.7 Å². The number of ether oxygens (including phenoxy) is 4. The van der Waals surface area contributed by atoms with Crippen LogP contribution in [0.25, 0.3) is 22.5 Å². The van der Waals surface area contributed by atoms with Crippen LogP contribution in [0.4, 0.5) is 11.5 Å². The number of hydrogen-bond acceptors (Lipinski definition) is 10. The highest BCUT2D eigenvalue weighted by molar-refractivity contribution is 6.17. The molecule has 0 aliphatic rings. The van der Waals surface area contributed by atoms with Gasteiger partial charge in [0.15, 0.2) is 0 Å². The van der Waals surface area contributed by atoms with Crippen molar-refractivity contribution >= 4 is 23.1 Å². The maximum Gasteiger partial charge on any atom is 0.232 e. The Hall–Kier alpha value is -5.30. The molecule has 0 fully saturated rings. The number of nitrogens with one attached hydrogen (secondary N) is 1. The minimum atomic E-state index is 0. The fraction of sp³-hybridized carbons (Fsp3) is 0.256. The Morgan fingerprint density at radius 1 is 0.643 bits per heavy atom. The number of alkyl halides is 1. The van der Waals surface area contributed by atoms with E-state index in [1.165, 1.54) is 11.1 Å². The fourth-order valence-corrected chi connectivity index (χ4v) is 5.94. The van der Waals surface area contributed by atoms with Crippen LogP contribution in [0.2, 0.25) is 0 Å². The molecular formula is C43H53Cl2N7O4. The van der Waals surface area contributed by atoms with E-state index in [2.05, 4.69) is 56.4 Å². The zero-order chi connectivity index (χ0) is 39.6. The van der Waals surface area contributed by atoms with E-state index in [1.807, 2.05) is 104 Å². The topological polar surface area (TPSA) is 120 Å². The third kappa shape index (κ3) is 12.9. The van der Waals surface area contributed by atoms with Crippen LogP contribution >= 0.6 is 11.6 Å². The number of rotatable bonds is 13. The van der Waals surface area contributed by atoms with Crippen molar-refractivity contribution in [1.82, 2.24) is 30.2 Å². The van der Waals surface area contributed by atoms with E-state index in [-0.39, 0.29) is 13.8 Å². The van der Waals surface area contributed by atoms with E-state index >= 15 is 0 Å². The largest absolute Gasteiger partial charge is 1.00 e. The summed E-state index contributed by atoms with van der Waals surface area (Å²) in [6.45, 7) is 0.827. The van der Waals surface area contributed by atoms with E-state index in [4.69, 9.17) is 30.5 Å². The van der Waals surface area contributed by atoms with E-state index in [9.17, 15) is 0 Å². The van der Waals surface area contributed by atoms with Crippen LogP contribution in [0.3, 0.4) is 0 Å². The van der Waals surface area contributed by atoms with E-state index < -0.39 is 0 Å². The van der Waals surface area contributed by atoms with Crippen LogP contribution in [0.15, 0.2) is 110 Å².